The normalized spacial score (nSPS) is 13.3. The summed E-state index contributed by atoms with van der Waals surface area (Å²) in [5, 5.41) is 5.54. The van der Waals surface area contributed by atoms with E-state index < -0.39 is 5.41 Å². The van der Waals surface area contributed by atoms with Crippen molar-refractivity contribution in [2.45, 2.75) is 5.41 Å². The molecule has 11 aromatic rings. The van der Waals surface area contributed by atoms with Gasteiger partial charge in [-0.3, -0.25) is 0 Å². The molecule has 0 fully saturated rings. The van der Waals surface area contributed by atoms with E-state index in [1.54, 1.807) is 0 Å². The molecule has 8 aromatic carbocycles. The van der Waals surface area contributed by atoms with Gasteiger partial charge < -0.3 is 4.74 Å². The lowest BCUT2D eigenvalue weighted by Gasteiger charge is -2.39. The molecule has 13 rings (SSSR count). The molecule has 0 amide bonds. The summed E-state index contributed by atoms with van der Waals surface area (Å²) in [7, 11) is 0. The van der Waals surface area contributed by atoms with Crippen molar-refractivity contribution in [1.29, 1.82) is 0 Å². The van der Waals surface area contributed by atoms with Crippen molar-refractivity contribution in [2.24, 2.45) is 0 Å². The first-order chi connectivity index (χ1) is 29.7. The van der Waals surface area contributed by atoms with Crippen LogP contribution in [0.5, 0.6) is 11.5 Å². The van der Waals surface area contributed by atoms with Gasteiger partial charge in [0.05, 0.1) is 39.0 Å². The average molecular weight is 764 g/mol. The molecule has 1 aliphatic carbocycles. The number of hydrogen-bond acceptors (Lipinski definition) is 4. The maximum absolute atomic E-state index is 6.64. The fourth-order valence-electron chi connectivity index (χ4n) is 10.0. The van der Waals surface area contributed by atoms with Gasteiger partial charge in [-0.15, -0.1) is 0 Å². The van der Waals surface area contributed by atoms with Crippen LogP contribution in [0.15, 0.2) is 200 Å². The van der Waals surface area contributed by atoms with Crippen LogP contribution in [0.25, 0.3) is 88.4 Å². The third kappa shape index (κ3) is 4.64. The smallest absolute Gasteiger partial charge is 0.132 e. The highest BCUT2D eigenvalue weighted by Gasteiger charge is 2.51. The van der Waals surface area contributed by atoms with Crippen LogP contribution >= 0.6 is 0 Å². The molecule has 4 heteroatoms. The number of hydrogen-bond donors (Lipinski definition) is 0. The summed E-state index contributed by atoms with van der Waals surface area (Å²) in [5.41, 5.74) is 15.3. The second-order valence-corrected chi connectivity index (χ2v) is 15.9. The molecule has 0 saturated carbocycles. The lowest BCUT2D eigenvalue weighted by molar-refractivity contribution is 0.436. The predicted molar refractivity (Wildman–Crippen MR) is 244 cm³/mol. The van der Waals surface area contributed by atoms with E-state index in [9.17, 15) is 0 Å². The lowest BCUT2D eigenvalue weighted by atomic mass is 9.66. The van der Waals surface area contributed by atoms with Crippen LogP contribution in [0.2, 0.25) is 0 Å². The summed E-state index contributed by atoms with van der Waals surface area (Å²) in [6.45, 7) is 0. The fraction of sp³-hybridized carbons (Fsp3) is 0.0179. The Hall–Kier alpha value is -7.95. The Morgan fingerprint density at radius 2 is 0.933 bits per heavy atom. The molecule has 1 spiro atoms. The van der Waals surface area contributed by atoms with E-state index >= 15 is 0 Å². The molecule has 0 bridgehead atoms. The Balaban J connectivity index is 1.05. The van der Waals surface area contributed by atoms with E-state index in [1.165, 1.54) is 27.6 Å². The number of benzene rings is 8. The molecule has 2 aliphatic rings. The first-order valence-corrected chi connectivity index (χ1v) is 20.4. The molecular weight excluding hydrogens is 731 g/mol. The predicted octanol–water partition coefficient (Wildman–Crippen LogP) is 14.0. The maximum atomic E-state index is 6.64. The molecule has 4 heterocycles. The minimum Gasteiger partial charge on any atom is -0.457 e. The standard InChI is InChI=1S/C56H33N3O/c1-2-13-34(14-3-1)48-29-27-35-25-26-36-28-30-49(58-55(36)54(35)57-48)37-15-12-16-38(31-37)53-43-33-47-42(32-41(43)40-18-5-9-22-50(40)59-53)39-17-4-6-19-44(39)56(47)45-20-7-10-23-51(45)60-52-24-11-8-21-46(52)56/h1-33H. The summed E-state index contributed by atoms with van der Waals surface area (Å²) < 4.78 is 6.64. The molecule has 0 N–H and O–H groups in total. The largest absolute Gasteiger partial charge is 0.457 e. The number of ether oxygens (including phenoxy) is 1. The van der Waals surface area contributed by atoms with Gasteiger partial charge in [-0.05, 0) is 76.2 Å². The minimum atomic E-state index is -0.581. The number of rotatable bonds is 3. The summed E-state index contributed by atoms with van der Waals surface area (Å²) in [6.07, 6.45) is 0. The van der Waals surface area contributed by atoms with Crippen molar-refractivity contribution in [3.05, 3.63) is 222 Å². The monoisotopic (exact) mass is 763 g/mol. The van der Waals surface area contributed by atoms with Crippen molar-refractivity contribution in [2.75, 3.05) is 0 Å². The third-order valence-corrected chi connectivity index (χ3v) is 12.7. The zero-order valence-electron chi connectivity index (χ0n) is 32.3. The molecule has 3 aromatic heterocycles. The number of para-hydroxylation sites is 3. The highest BCUT2D eigenvalue weighted by atomic mass is 16.5. The molecule has 60 heavy (non-hydrogen) atoms. The van der Waals surface area contributed by atoms with Gasteiger partial charge in [-0.25, -0.2) is 15.0 Å². The van der Waals surface area contributed by atoms with Gasteiger partial charge in [0.2, 0.25) is 0 Å². The molecule has 0 atom stereocenters. The van der Waals surface area contributed by atoms with Crippen LogP contribution in [0.4, 0.5) is 0 Å². The fourth-order valence-corrected chi connectivity index (χ4v) is 10.0. The van der Waals surface area contributed by atoms with Crippen LogP contribution in [-0.4, -0.2) is 15.0 Å². The van der Waals surface area contributed by atoms with Crippen LogP contribution in [0, 0.1) is 0 Å². The zero-order chi connectivity index (χ0) is 39.4. The van der Waals surface area contributed by atoms with Gasteiger partial charge in [-0.1, -0.05) is 152 Å². The summed E-state index contributed by atoms with van der Waals surface area (Å²) in [4.78, 5) is 16.0. The van der Waals surface area contributed by atoms with Crippen LogP contribution in [0.1, 0.15) is 22.3 Å². The molecule has 0 radical (unpaired) electrons. The zero-order valence-corrected chi connectivity index (χ0v) is 32.3. The lowest BCUT2D eigenvalue weighted by Crippen LogP contribution is -2.32. The molecule has 1 aliphatic heterocycles. The van der Waals surface area contributed by atoms with Gasteiger partial charge in [0, 0.05) is 49.4 Å². The Kier molecular flexibility index (Phi) is 6.90. The summed E-state index contributed by atoms with van der Waals surface area (Å²) in [6, 6.07) is 71.2. The minimum absolute atomic E-state index is 0.581. The number of pyridine rings is 3. The first-order valence-electron chi connectivity index (χ1n) is 20.4. The second kappa shape index (κ2) is 12.5. The number of aromatic nitrogens is 3. The van der Waals surface area contributed by atoms with E-state index in [0.717, 1.165) is 94.5 Å². The van der Waals surface area contributed by atoms with E-state index in [-0.39, 0.29) is 0 Å². The highest BCUT2D eigenvalue weighted by Crippen LogP contribution is 2.62. The Morgan fingerprint density at radius 1 is 0.350 bits per heavy atom. The molecular formula is C56H33N3O. The molecule has 0 unspecified atom stereocenters. The Morgan fingerprint density at radius 3 is 1.68 bits per heavy atom. The Labute approximate surface area is 346 Å². The van der Waals surface area contributed by atoms with E-state index in [4.69, 9.17) is 19.7 Å². The van der Waals surface area contributed by atoms with Crippen molar-refractivity contribution in [1.82, 2.24) is 15.0 Å². The third-order valence-electron chi connectivity index (χ3n) is 12.7. The first kappa shape index (κ1) is 33.1. The van der Waals surface area contributed by atoms with Gasteiger partial charge in [-0.2, -0.15) is 0 Å². The molecule has 4 nitrogen and oxygen atoms in total. The van der Waals surface area contributed by atoms with E-state index in [2.05, 4.69) is 194 Å². The van der Waals surface area contributed by atoms with Crippen LogP contribution in [-0.2, 0) is 5.41 Å². The highest BCUT2D eigenvalue weighted by molar-refractivity contribution is 6.14. The van der Waals surface area contributed by atoms with Gasteiger partial charge in [0.25, 0.3) is 0 Å². The van der Waals surface area contributed by atoms with Crippen molar-refractivity contribution in [3.63, 3.8) is 0 Å². The van der Waals surface area contributed by atoms with E-state index in [0.29, 0.717) is 0 Å². The van der Waals surface area contributed by atoms with Gasteiger partial charge >= 0.3 is 0 Å². The van der Waals surface area contributed by atoms with Gasteiger partial charge in [0.1, 0.15) is 11.5 Å². The quantitative estimate of drug-likeness (QED) is 0.168. The summed E-state index contributed by atoms with van der Waals surface area (Å²) >= 11 is 0. The maximum Gasteiger partial charge on any atom is 0.132 e. The molecule has 0 saturated heterocycles. The van der Waals surface area contributed by atoms with Crippen LogP contribution < -0.4 is 4.74 Å². The van der Waals surface area contributed by atoms with Crippen molar-refractivity contribution < 1.29 is 4.74 Å². The second-order valence-electron chi connectivity index (χ2n) is 15.9. The van der Waals surface area contributed by atoms with Crippen LogP contribution in [0.3, 0.4) is 0 Å². The topological polar surface area (TPSA) is 47.9 Å². The Bertz CT molecular complexity index is 3550. The number of nitrogens with zero attached hydrogens (tertiary/aromatic N) is 3. The van der Waals surface area contributed by atoms with E-state index in [1.807, 2.05) is 6.07 Å². The average Bonchev–Trinajstić information content (AvgIpc) is 3.60. The van der Waals surface area contributed by atoms with Crippen molar-refractivity contribution in [3.8, 4) is 56.4 Å². The number of fused-ring (bicyclic) bond motifs is 15. The SMILES string of the molecule is c1ccc(-c2ccc3ccc4ccc(-c5cccc(-c6nc7ccccc7c7cc8c(cc67)C6(c7ccccc7Oc7ccccc76)c6ccccc6-8)c5)nc4c3n2)cc1. The van der Waals surface area contributed by atoms with Gasteiger partial charge in [0.15, 0.2) is 0 Å². The summed E-state index contributed by atoms with van der Waals surface area (Å²) in [5.74, 6) is 1.76. The van der Waals surface area contributed by atoms with Crippen molar-refractivity contribution >= 4 is 43.5 Å². The molecule has 278 valence electrons.